The lowest BCUT2D eigenvalue weighted by molar-refractivity contribution is -0.135. The standard InChI is InChI=1S/C11H9FO2/c12-10-3-1-2-8-7(6-11(13)14)4-5-9(8)10/h1-4H,5-6H2,(H,13,14). The minimum atomic E-state index is -0.881. The van der Waals surface area contributed by atoms with Crippen molar-refractivity contribution in [3.8, 4) is 0 Å². The quantitative estimate of drug-likeness (QED) is 0.780. The zero-order valence-electron chi connectivity index (χ0n) is 7.46. The van der Waals surface area contributed by atoms with E-state index in [9.17, 15) is 9.18 Å². The van der Waals surface area contributed by atoms with Crippen LogP contribution in [0.25, 0.3) is 5.57 Å². The van der Waals surface area contributed by atoms with E-state index in [1.54, 1.807) is 18.2 Å². The summed E-state index contributed by atoms with van der Waals surface area (Å²) in [7, 11) is 0. The number of carbonyl (C=O) groups is 1. The number of hydrogen-bond donors (Lipinski definition) is 1. The van der Waals surface area contributed by atoms with Gasteiger partial charge < -0.3 is 5.11 Å². The minimum absolute atomic E-state index is 0.0313. The summed E-state index contributed by atoms with van der Waals surface area (Å²) in [4.78, 5) is 10.5. The molecule has 1 aliphatic rings. The van der Waals surface area contributed by atoms with Gasteiger partial charge in [-0.2, -0.15) is 0 Å². The molecule has 0 bridgehead atoms. The van der Waals surface area contributed by atoms with Gasteiger partial charge in [-0.05, 0) is 29.2 Å². The van der Waals surface area contributed by atoms with E-state index in [2.05, 4.69) is 0 Å². The Kier molecular flexibility index (Phi) is 2.08. The number of benzene rings is 1. The first-order chi connectivity index (χ1) is 6.68. The molecule has 0 radical (unpaired) electrons. The smallest absolute Gasteiger partial charge is 0.307 e. The van der Waals surface area contributed by atoms with E-state index >= 15 is 0 Å². The number of fused-ring (bicyclic) bond motifs is 1. The summed E-state index contributed by atoms with van der Waals surface area (Å²) in [5.41, 5.74) is 2.07. The van der Waals surface area contributed by atoms with Crippen LogP contribution in [0.4, 0.5) is 4.39 Å². The molecule has 0 amide bonds. The molecule has 1 aromatic carbocycles. The Hall–Kier alpha value is -1.64. The molecule has 0 saturated carbocycles. The van der Waals surface area contributed by atoms with Crippen molar-refractivity contribution >= 4 is 11.5 Å². The fourth-order valence-corrected chi connectivity index (χ4v) is 1.73. The summed E-state index contributed by atoms with van der Waals surface area (Å²) in [5.74, 6) is -1.13. The van der Waals surface area contributed by atoms with Gasteiger partial charge in [0.1, 0.15) is 5.82 Å². The molecule has 2 rings (SSSR count). The predicted octanol–water partition coefficient (Wildman–Crippen LogP) is 2.24. The molecule has 0 spiro atoms. The van der Waals surface area contributed by atoms with Crippen LogP contribution >= 0.6 is 0 Å². The average molecular weight is 192 g/mol. The lowest BCUT2D eigenvalue weighted by Gasteiger charge is -2.03. The molecule has 0 aliphatic heterocycles. The third-order valence-corrected chi connectivity index (χ3v) is 2.36. The first kappa shape index (κ1) is 8.94. The van der Waals surface area contributed by atoms with Gasteiger partial charge in [0.2, 0.25) is 0 Å². The first-order valence-electron chi connectivity index (χ1n) is 4.37. The number of carboxylic acids is 1. The Balaban J connectivity index is 2.37. The third kappa shape index (κ3) is 1.41. The summed E-state index contributed by atoms with van der Waals surface area (Å²) in [6.45, 7) is 0. The van der Waals surface area contributed by atoms with Crippen molar-refractivity contribution in [3.05, 3.63) is 41.2 Å². The van der Waals surface area contributed by atoms with Crippen LogP contribution < -0.4 is 0 Å². The second-order valence-corrected chi connectivity index (χ2v) is 3.27. The normalized spacial score (nSPS) is 13.6. The van der Waals surface area contributed by atoms with Crippen molar-refractivity contribution < 1.29 is 14.3 Å². The Morgan fingerprint density at radius 1 is 1.50 bits per heavy atom. The molecule has 1 N–H and O–H groups in total. The van der Waals surface area contributed by atoms with Crippen molar-refractivity contribution in [1.82, 2.24) is 0 Å². The van der Waals surface area contributed by atoms with Gasteiger partial charge in [-0.25, -0.2) is 4.39 Å². The Bertz CT molecular complexity index is 421. The second-order valence-electron chi connectivity index (χ2n) is 3.27. The number of halogens is 1. The molecule has 1 aliphatic carbocycles. The highest BCUT2D eigenvalue weighted by Gasteiger charge is 2.18. The maximum Gasteiger partial charge on any atom is 0.307 e. The number of carboxylic acid groups (broad SMARTS) is 1. The molecule has 0 unspecified atom stereocenters. The molecular weight excluding hydrogens is 183 g/mol. The number of allylic oxidation sites excluding steroid dienone is 1. The molecule has 1 aromatic rings. The summed E-state index contributed by atoms with van der Waals surface area (Å²) < 4.78 is 13.2. The second kappa shape index (κ2) is 3.25. The van der Waals surface area contributed by atoms with Crippen LogP contribution in [0.15, 0.2) is 24.3 Å². The van der Waals surface area contributed by atoms with Crippen LogP contribution in [-0.4, -0.2) is 11.1 Å². The van der Waals surface area contributed by atoms with Crippen molar-refractivity contribution in [2.45, 2.75) is 12.8 Å². The predicted molar refractivity (Wildman–Crippen MR) is 50.3 cm³/mol. The van der Waals surface area contributed by atoms with E-state index in [-0.39, 0.29) is 12.2 Å². The molecule has 0 atom stereocenters. The summed E-state index contributed by atoms with van der Waals surface area (Å²) in [5, 5.41) is 8.63. The number of hydrogen-bond acceptors (Lipinski definition) is 1. The van der Waals surface area contributed by atoms with Crippen molar-refractivity contribution in [2.75, 3.05) is 0 Å². The van der Waals surface area contributed by atoms with E-state index < -0.39 is 5.97 Å². The van der Waals surface area contributed by atoms with Gasteiger partial charge in [-0.1, -0.05) is 18.2 Å². The van der Waals surface area contributed by atoms with E-state index in [0.717, 1.165) is 5.56 Å². The minimum Gasteiger partial charge on any atom is -0.481 e. The Morgan fingerprint density at radius 2 is 2.29 bits per heavy atom. The first-order valence-corrected chi connectivity index (χ1v) is 4.37. The van der Waals surface area contributed by atoms with Crippen LogP contribution in [0, 0.1) is 5.82 Å². The number of aliphatic carboxylic acids is 1. The average Bonchev–Trinajstić information content (AvgIpc) is 2.49. The summed E-state index contributed by atoms with van der Waals surface area (Å²) in [6, 6.07) is 4.77. The van der Waals surface area contributed by atoms with Crippen LogP contribution in [0.3, 0.4) is 0 Å². The van der Waals surface area contributed by atoms with Gasteiger partial charge in [0.25, 0.3) is 0 Å². The molecule has 0 aromatic heterocycles. The summed E-state index contributed by atoms with van der Waals surface area (Å²) in [6.07, 6.45) is 2.25. The van der Waals surface area contributed by atoms with Crippen LogP contribution in [0.5, 0.6) is 0 Å². The lowest BCUT2D eigenvalue weighted by Crippen LogP contribution is -1.96. The molecule has 2 nitrogen and oxygen atoms in total. The zero-order valence-corrected chi connectivity index (χ0v) is 7.46. The largest absolute Gasteiger partial charge is 0.481 e. The van der Waals surface area contributed by atoms with E-state index in [4.69, 9.17) is 5.11 Å². The third-order valence-electron chi connectivity index (χ3n) is 2.36. The fraction of sp³-hybridized carbons (Fsp3) is 0.182. The molecule has 14 heavy (non-hydrogen) atoms. The molecule has 3 heteroatoms. The highest BCUT2D eigenvalue weighted by atomic mass is 19.1. The van der Waals surface area contributed by atoms with Crippen LogP contribution in [0.1, 0.15) is 17.5 Å². The lowest BCUT2D eigenvalue weighted by atomic mass is 10.0. The molecule has 0 saturated heterocycles. The van der Waals surface area contributed by atoms with Gasteiger partial charge in [-0.15, -0.1) is 0 Å². The maximum atomic E-state index is 13.2. The van der Waals surface area contributed by atoms with Gasteiger partial charge in [-0.3, -0.25) is 4.79 Å². The highest BCUT2D eigenvalue weighted by molar-refractivity contribution is 5.86. The topological polar surface area (TPSA) is 37.3 Å². The highest BCUT2D eigenvalue weighted by Crippen LogP contribution is 2.31. The van der Waals surface area contributed by atoms with Gasteiger partial charge in [0, 0.05) is 0 Å². The van der Waals surface area contributed by atoms with E-state index in [1.165, 1.54) is 6.07 Å². The Morgan fingerprint density at radius 3 is 3.00 bits per heavy atom. The van der Waals surface area contributed by atoms with Gasteiger partial charge in [0.15, 0.2) is 0 Å². The van der Waals surface area contributed by atoms with Gasteiger partial charge in [0.05, 0.1) is 6.42 Å². The molecular formula is C11H9FO2. The zero-order chi connectivity index (χ0) is 10.1. The van der Waals surface area contributed by atoms with E-state index in [0.29, 0.717) is 17.6 Å². The van der Waals surface area contributed by atoms with Crippen molar-refractivity contribution in [1.29, 1.82) is 0 Å². The molecule has 0 fully saturated rings. The number of rotatable bonds is 2. The van der Waals surface area contributed by atoms with Crippen LogP contribution in [-0.2, 0) is 11.2 Å². The SMILES string of the molecule is O=C(O)CC1=CCc2c(F)cccc21. The van der Waals surface area contributed by atoms with Gasteiger partial charge >= 0.3 is 5.97 Å². The molecule has 0 heterocycles. The summed E-state index contributed by atoms with van der Waals surface area (Å²) >= 11 is 0. The maximum absolute atomic E-state index is 13.2. The fourth-order valence-electron chi connectivity index (χ4n) is 1.73. The van der Waals surface area contributed by atoms with Crippen molar-refractivity contribution in [3.63, 3.8) is 0 Å². The van der Waals surface area contributed by atoms with E-state index in [1.807, 2.05) is 0 Å². The molecule has 72 valence electrons. The monoisotopic (exact) mass is 192 g/mol. The Labute approximate surface area is 80.7 Å². The van der Waals surface area contributed by atoms with Crippen molar-refractivity contribution in [2.24, 2.45) is 0 Å². The van der Waals surface area contributed by atoms with Crippen LogP contribution in [0.2, 0.25) is 0 Å².